The predicted octanol–water partition coefficient (Wildman–Crippen LogP) is 3.19. The van der Waals surface area contributed by atoms with E-state index in [9.17, 15) is 10.1 Å². The fraction of sp³-hybridized carbons (Fsp3) is 0.111. The first-order valence-corrected chi connectivity index (χ1v) is 5.91. The molecule has 0 saturated carbocycles. The summed E-state index contributed by atoms with van der Waals surface area (Å²) in [6.45, 7) is 0. The third-order valence-electron chi connectivity index (χ3n) is 1.95. The molecule has 0 aliphatic carbocycles. The summed E-state index contributed by atoms with van der Waals surface area (Å²) in [7, 11) is 0. The average Bonchev–Trinajstić information content (AvgIpc) is 2.88. The van der Waals surface area contributed by atoms with Crippen LogP contribution in [0.2, 0.25) is 0 Å². The van der Waals surface area contributed by atoms with Crippen molar-refractivity contribution < 1.29 is 4.92 Å². The minimum absolute atomic E-state index is 0. The van der Waals surface area contributed by atoms with E-state index in [0.29, 0.717) is 0 Å². The van der Waals surface area contributed by atoms with E-state index in [1.165, 1.54) is 6.07 Å². The van der Waals surface area contributed by atoms with E-state index < -0.39 is 4.92 Å². The molecule has 2 rings (SSSR count). The third kappa shape index (κ3) is 2.59. The molecule has 0 aliphatic heterocycles. The highest BCUT2D eigenvalue weighted by Gasteiger charge is 2.16. The van der Waals surface area contributed by atoms with Crippen LogP contribution in [0.1, 0.15) is 15.8 Å². The van der Waals surface area contributed by atoms with Crippen molar-refractivity contribution in [3.05, 3.63) is 49.5 Å². The van der Waals surface area contributed by atoms with Crippen LogP contribution in [0.25, 0.3) is 0 Å². The van der Waals surface area contributed by atoms with Gasteiger partial charge < -0.3 is 5.73 Å². The van der Waals surface area contributed by atoms with Gasteiger partial charge in [-0.2, -0.15) is 0 Å². The van der Waals surface area contributed by atoms with Gasteiger partial charge in [0.2, 0.25) is 0 Å². The Morgan fingerprint density at radius 2 is 2.06 bits per heavy atom. The number of rotatable bonds is 3. The second-order valence-corrected chi connectivity index (χ2v) is 5.00. The monoisotopic (exact) mass is 276 g/mol. The van der Waals surface area contributed by atoms with E-state index in [-0.39, 0.29) is 23.4 Å². The van der Waals surface area contributed by atoms with Gasteiger partial charge in [0.1, 0.15) is 0 Å². The predicted molar refractivity (Wildman–Crippen MR) is 68.6 cm³/mol. The van der Waals surface area contributed by atoms with Crippen LogP contribution in [-0.2, 0) is 0 Å². The van der Waals surface area contributed by atoms with E-state index in [4.69, 9.17) is 5.73 Å². The summed E-state index contributed by atoms with van der Waals surface area (Å²) in [5.41, 5.74) is 5.97. The Morgan fingerprint density at radius 3 is 2.56 bits per heavy atom. The Hall–Kier alpha value is -0.950. The van der Waals surface area contributed by atoms with Crippen molar-refractivity contribution in [1.29, 1.82) is 0 Å². The number of nitrogens with two attached hydrogens (primary N) is 1. The van der Waals surface area contributed by atoms with Crippen LogP contribution in [0.5, 0.6) is 0 Å². The lowest BCUT2D eigenvalue weighted by molar-refractivity contribution is -0.380. The normalized spacial score (nSPS) is 11.8. The Kier molecular flexibility index (Phi) is 4.43. The first-order valence-electron chi connectivity index (χ1n) is 4.21. The molecule has 2 heterocycles. The molecule has 4 nitrogen and oxygen atoms in total. The molecule has 0 bridgehead atoms. The molecule has 0 saturated heterocycles. The number of hydrogen-bond acceptors (Lipinski definition) is 5. The van der Waals surface area contributed by atoms with E-state index >= 15 is 0 Å². The maximum atomic E-state index is 10.5. The summed E-state index contributed by atoms with van der Waals surface area (Å²) < 4.78 is 0. The number of nitrogens with zero attached hydrogens (tertiary/aromatic N) is 1. The Labute approximate surface area is 106 Å². The van der Waals surface area contributed by atoms with Crippen molar-refractivity contribution in [3.8, 4) is 0 Å². The van der Waals surface area contributed by atoms with Crippen molar-refractivity contribution >= 4 is 40.1 Å². The molecule has 86 valence electrons. The van der Waals surface area contributed by atoms with Crippen molar-refractivity contribution in [1.82, 2.24) is 0 Å². The largest absolute Gasteiger partial charge is 0.324 e. The highest BCUT2D eigenvalue weighted by molar-refractivity contribution is 7.15. The van der Waals surface area contributed by atoms with Gasteiger partial charge in [0.15, 0.2) is 0 Å². The zero-order chi connectivity index (χ0) is 10.8. The van der Waals surface area contributed by atoms with Gasteiger partial charge in [0, 0.05) is 15.8 Å². The molecule has 0 fully saturated rings. The van der Waals surface area contributed by atoms with E-state index in [1.54, 1.807) is 17.4 Å². The molecule has 2 N–H and O–H groups in total. The fourth-order valence-electron chi connectivity index (χ4n) is 1.22. The zero-order valence-electron chi connectivity index (χ0n) is 8.03. The van der Waals surface area contributed by atoms with Gasteiger partial charge in [0.25, 0.3) is 0 Å². The Morgan fingerprint density at radius 1 is 1.31 bits per heavy atom. The zero-order valence-corrected chi connectivity index (χ0v) is 10.5. The van der Waals surface area contributed by atoms with Crippen LogP contribution in [-0.4, -0.2) is 4.92 Å². The van der Waals surface area contributed by atoms with Gasteiger partial charge in [0.05, 0.1) is 11.0 Å². The molecule has 0 aromatic carbocycles. The second kappa shape index (κ2) is 5.40. The second-order valence-electron chi connectivity index (χ2n) is 2.93. The van der Waals surface area contributed by atoms with Crippen LogP contribution in [0.15, 0.2) is 29.6 Å². The maximum absolute atomic E-state index is 10.5. The molecule has 2 aromatic heterocycles. The van der Waals surface area contributed by atoms with Crippen molar-refractivity contribution in [3.63, 3.8) is 0 Å². The average molecular weight is 277 g/mol. The van der Waals surface area contributed by atoms with E-state index in [1.807, 2.05) is 17.5 Å². The third-order valence-corrected chi connectivity index (χ3v) is 4.02. The first-order chi connectivity index (χ1) is 7.18. The molecule has 1 atom stereocenters. The molecule has 0 radical (unpaired) electrons. The molecule has 2 aromatic rings. The molecule has 7 heteroatoms. The number of hydrogen-bond donors (Lipinski definition) is 1. The highest BCUT2D eigenvalue weighted by atomic mass is 35.5. The summed E-state index contributed by atoms with van der Waals surface area (Å²) >= 11 is 2.69. The maximum Gasteiger partial charge on any atom is 0.324 e. The number of thiophene rings is 2. The van der Waals surface area contributed by atoms with Crippen LogP contribution < -0.4 is 5.73 Å². The summed E-state index contributed by atoms with van der Waals surface area (Å²) in [5.74, 6) is 0. The van der Waals surface area contributed by atoms with Gasteiger partial charge in [-0.15, -0.1) is 23.7 Å². The minimum Gasteiger partial charge on any atom is -0.319 e. The summed E-state index contributed by atoms with van der Waals surface area (Å²) in [6, 6.07) is 6.81. The molecule has 0 spiro atoms. The summed E-state index contributed by atoms with van der Waals surface area (Å²) in [6.07, 6.45) is 0. The number of halogens is 1. The lowest BCUT2D eigenvalue weighted by Crippen LogP contribution is -2.07. The molecular formula is C9H9ClN2O2S2. The molecule has 16 heavy (non-hydrogen) atoms. The standard InChI is InChI=1S/C9H8N2O2S2.ClH/c10-9(6-2-1-5-14-6)7-3-4-8(15-7)11(12)13;/h1-5,9H,10H2;1H/t9-;/m1./s1. The van der Waals surface area contributed by atoms with Gasteiger partial charge in [-0.3, -0.25) is 10.1 Å². The highest BCUT2D eigenvalue weighted by Crippen LogP contribution is 2.32. The first kappa shape index (κ1) is 13.1. The van der Waals surface area contributed by atoms with Gasteiger partial charge in [-0.05, 0) is 17.5 Å². The minimum atomic E-state index is -0.394. The SMILES string of the molecule is Cl.N[C@H](c1cccs1)c1ccc([N+](=O)[O-])s1. The lowest BCUT2D eigenvalue weighted by atomic mass is 10.2. The molecule has 0 amide bonds. The van der Waals surface area contributed by atoms with Crippen molar-refractivity contribution in [2.24, 2.45) is 5.73 Å². The quantitative estimate of drug-likeness (QED) is 0.691. The van der Waals surface area contributed by atoms with Crippen molar-refractivity contribution in [2.75, 3.05) is 0 Å². The molecular weight excluding hydrogens is 268 g/mol. The van der Waals surface area contributed by atoms with E-state index in [0.717, 1.165) is 21.1 Å². The van der Waals surface area contributed by atoms with Gasteiger partial charge >= 0.3 is 5.00 Å². The van der Waals surface area contributed by atoms with E-state index in [2.05, 4.69) is 0 Å². The van der Waals surface area contributed by atoms with Crippen molar-refractivity contribution in [2.45, 2.75) is 6.04 Å². The Bertz CT molecular complexity index is 470. The van der Waals surface area contributed by atoms with Gasteiger partial charge in [-0.25, -0.2) is 0 Å². The topological polar surface area (TPSA) is 69.2 Å². The van der Waals surface area contributed by atoms with Gasteiger partial charge in [-0.1, -0.05) is 17.4 Å². The molecule has 0 aliphatic rings. The van der Waals surface area contributed by atoms with Crippen LogP contribution in [0.3, 0.4) is 0 Å². The molecule has 0 unspecified atom stereocenters. The van der Waals surface area contributed by atoms with Crippen LogP contribution in [0, 0.1) is 10.1 Å². The number of nitro groups is 1. The Balaban J connectivity index is 0.00000128. The summed E-state index contributed by atoms with van der Waals surface area (Å²) in [5, 5.41) is 12.6. The fourth-order valence-corrected chi connectivity index (χ4v) is 2.88. The van der Waals surface area contributed by atoms with Crippen LogP contribution >= 0.6 is 35.1 Å². The van der Waals surface area contributed by atoms with Crippen LogP contribution in [0.4, 0.5) is 5.00 Å². The smallest absolute Gasteiger partial charge is 0.319 e. The summed E-state index contributed by atoms with van der Waals surface area (Å²) in [4.78, 5) is 12.0. The lowest BCUT2D eigenvalue weighted by Gasteiger charge is -2.04.